The predicted molar refractivity (Wildman–Crippen MR) is 77.6 cm³/mol. The van der Waals surface area contributed by atoms with Gasteiger partial charge in [-0.1, -0.05) is 30.3 Å². The molecular weight excluding hydrogens is 294 g/mol. The van der Waals surface area contributed by atoms with Crippen LogP contribution in [-0.4, -0.2) is 15.7 Å². The van der Waals surface area contributed by atoms with Crippen LogP contribution in [0.1, 0.15) is 23.2 Å². The minimum Gasteiger partial charge on any atom is -0.294 e. The summed E-state index contributed by atoms with van der Waals surface area (Å²) in [7, 11) is -1.65. The first-order valence-electron chi connectivity index (χ1n) is 6.49. The molecule has 2 nitrogen and oxygen atoms in total. The average molecular weight is 308 g/mol. The van der Waals surface area contributed by atoms with Crippen LogP contribution in [0.4, 0.5) is 8.78 Å². The van der Waals surface area contributed by atoms with Crippen LogP contribution in [0.5, 0.6) is 0 Å². The molecule has 0 aliphatic heterocycles. The largest absolute Gasteiger partial charge is 0.294 e. The molecule has 0 saturated carbocycles. The number of rotatable bonds is 6. The maximum absolute atomic E-state index is 13.4. The zero-order valence-corrected chi connectivity index (χ0v) is 12.0. The lowest BCUT2D eigenvalue weighted by atomic mass is 10.1. The summed E-state index contributed by atoms with van der Waals surface area (Å²) in [5.74, 6) is -1.24. The summed E-state index contributed by atoms with van der Waals surface area (Å²) in [6.07, 6.45) is 0.586. The van der Waals surface area contributed by atoms with Crippen molar-refractivity contribution in [2.45, 2.75) is 17.7 Å². The summed E-state index contributed by atoms with van der Waals surface area (Å²) in [5.41, 5.74) is 0.597. The summed E-state index contributed by atoms with van der Waals surface area (Å²) in [5, 5.41) is 0. The van der Waals surface area contributed by atoms with Crippen molar-refractivity contribution in [1.29, 1.82) is 0 Å². The zero-order chi connectivity index (χ0) is 15.2. The molecule has 0 bridgehead atoms. The SMILES string of the molecule is O=C(CCCS(=O)c1cc(F)ccc1F)c1ccccc1. The van der Waals surface area contributed by atoms with Gasteiger partial charge in [0.1, 0.15) is 11.6 Å². The van der Waals surface area contributed by atoms with Gasteiger partial charge in [0.25, 0.3) is 0 Å². The van der Waals surface area contributed by atoms with Crippen LogP contribution < -0.4 is 0 Å². The quantitative estimate of drug-likeness (QED) is 0.762. The fourth-order valence-corrected chi connectivity index (χ4v) is 3.05. The second-order valence-electron chi connectivity index (χ2n) is 4.52. The molecule has 21 heavy (non-hydrogen) atoms. The van der Waals surface area contributed by atoms with E-state index in [9.17, 15) is 17.8 Å². The molecule has 0 aliphatic carbocycles. The van der Waals surface area contributed by atoms with E-state index in [1.54, 1.807) is 24.3 Å². The third-order valence-corrected chi connectivity index (χ3v) is 4.43. The highest BCUT2D eigenvalue weighted by Gasteiger charge is 2.12. The lowest BCUT2D eigenvalue weighted by Crippen LogP contribution is -2.05. The summed E-state index contributed by atoms with van der Waals surface area (Å²) in [4.78, 5) is 11.7. The molecule has 0 fully saturated rings. The number of carbonyl (C=O) groups excluding carboxylic acids is 1. The Morgan fingerprint density at radius 1 is 1.05 bits per heavy atom. The van der Waals surface area contributed by atoms with E-state index >= 15 is 0 Å². The third kappa shape index (κ3) is 4.29. The lowest BCUT2D eigenvalue weighted by molar-refractivity contribution is 0.0982. The number of carbonyl (C=O) groups is 1. The van der Waals surface area contributed by atoms with Crippen molar-refractivity contribution in [3.05, 3.63) is 65.7 Å². The Labute approximate surface area is 124 Å². The van der Waals surface area contributed by atoms with Gasteiger partial charge in [0.15, 0.2) is 5.78 Å². The molecule has 0 aliphatic rings. The van der Waals surface area contributed by atoms with Crippen molar-refractivity contribution in [2.75, 3.05) is 5.75 Å². The van der Waals surface area contributed by atoms with E-state index in [1.807, 2.05) is 6.07 Å². The number of hydrogen-bond acceptors (Lipinski definition) is 2. The Bertz CT molecular complexity index is 657. The van der Waals surface area contributed by atoms with Gasteiger partial charge in [0.05, 0.1) is 15.7 Å². The molecule has 1 unspecified atom stereocenters. The Morgan fingerprint density at radius 2 is 1.76 bits per heavy atom. The monoisotopic (exact) mass is 308 g/mol. The summed E-state index contributed by atoms with van der Waals surface area (Å²) < 4.78 is 38.4. The molecular formula is C16H14F2O2S. The Balaban J connectivity index is 1.90. The average Bonchev–Trinajstić information content (AvgIpc) is 2.50. The van der Waals surface area contributed by atoms with Gasteiger partial charge >= 0.3 is 0 Å². The number of hydrogen-bond donors (Lipinski definition) is 0. The van der Waals surface area contributed by atoms with E-state index in [1.165, 1.54) is 0 Å². The van der Waals surface area contributed by atoms with Crippen molar-refractivity contribution in [2.24, 2.45) is 0 Å². The molecule has 0 N–H and O–H groups in total. The summed E-state index contributed by atoms with van der Waals surface area (Å²) >= 11 is 0. The van der Waals surface area contributed by atoms with Gasteiger partial charge in [0.2, 0.25) is 0 Å². The van der Waals surface area contributed by atoms with Crippen LogP contribution >= 0.6 is 0 Å². The van der Waals surface area contributed by atoms with Crippen molar-refractivity contribution in [1.82, 2.24) is 0 Å². The zero-order valence-electron chi connectivity index (χ0n) is 11.2. The van der Waals surface area contributed by atoms with Crippen molar-refractivity contribution in [3.8, 4) is 0 Å². The van der Waals surface area contributed by atoms with Crippen LogP contribution in [-0.2, 0) is 10.8 Å². The molecule has 0 spiro atoms. The molecule has 110 valence electrons. The number of benzene rings is 2. The summed E-state index contributed by atoms with van der Waals surface area (Å²) in [6.45, 7) is 0. The number of ketones is 1. The summed E-state index contributed by atoms with van der Waals surface area (Å²) in [6, 6.07) is 11.7. The second-order valence-corrected chi connectivity index (χ2v) is 6.06. The highest BCUT2D eigenvalue weighted by Crippen LogP contribution is 2.15. The van der Waals surface area contributed by atoms with Crippen LogP contribution in [0.25, 0.3) is 0 Å². The van der Waals surface area contributed by atoms with Gasteiger partial charge < -0.3 is 0 Å². The van der Waals surface area contributed by atoms with Crippen molar-refractivity contribution in [3.63, 3.8) is 0 Å². The predicted octanol–water partition coefficient (Wildman–Crippen LogP) is 3.74. The van der Waals surface area contributed by atoms with Crippen LogP contribution in [0, 0.1) is 11.6 Å². The smallest absolute Gasteiger partial charge is 0.162 e. The first-order valence-corrected chi connectivity index (χ1v) is 7.81. The third-order valence-electron chi connectivity index (χ3n) is 2.97. The number of Topliss-reactive ketones (excluding diaryl/α,β-unsaturated/α-hetero) is 1. The standard InChI is InChI=1S/C16H14F2O2S/c17-13-8-9-14(18)16(11-13)21(20)10-4-7-15(19)12-5-2-1-3-6-12/h1-3,5-6,8-9,11H,4,7,10H2. The van der Waals surface area contributed by atoms with E-state index in [2.05, 4.69) is 0 Å². The normalized spacial score (nSPS) is 12.1. The molecule has 5 heteroatoms. The minimum absolute atomic E-state index is 0.0488. The minimum atomic E-state index is -1.65. The molecule has 0 aromatic heterocycles. The maximum Gasteiger partial charge on any atom is 0.162 e. The van der Waals surface area contributed by atoms with Crippen LogP contribution in [0.2, 0.25) is 0 Å². The second kappa shape index (κ2) is 7.22. The highest BCUT2D eigenvalue weighted by atomic mass is 32.2. The molecule has 2 aromatic carbocycles. The molecule has 0 radical (unpaired) electrons. The van der Waals surface area contributed by atoms with Gasteiger partial charge in [0, 0.05) is 17.7 Å². The van der Waals surface area contributed by atoms with Crippen LogP contribution in [0.3, 0.4) is 0 Å². The topological polar surface area (TPSA) is 34.1 Å². The van der Waals surface area contributed by atoms with E-state index in [-0.39, 0.29) is 22.9 Å². The molecule has 1 atom stereocenters. The first kappa shape index (κ1) is 15.5. The lowest BCUT2D eigenvalue weighted by Gasteiger charge is -2.04. The van der Waals surface area contributed by atoms with E-state index in [0.29, 0.717) is 12.0 Å². The van der Waals surface area contributed by atoms with Gasteiger partial charge in [-0.05, 0) is 24.6 Å². The fraction of sp³-hybridized carbons (Fsp3) is 0.188. The first-order chi connectivity index (χ1) is 10.1. The van der Waals surface area contributed by atoms with E-state index < -0.39 is 22.4 Å². The van der Waals surface area contributed by atoms with Crippen LogP contribution in [0.15, 0.2) is 53.4 Å². The molecule has 2 rings (SSSR count). The Morgan fingerprint density at radius 3 is 2.48 bits per heavy atom. The molecule has 0 heterocycles. The highest BCUT2D eigenvalue weighted by molar-refractivity contribution is 7.85. The van der Waals surface area contributed by atoms with Gasteiger partial charge in [-0.15, -0.1) is 0 Å². The van der Waals surface area contributed by atoms with Gasteiger partial charge in [-0.25, -0.2) is 8.78 Å². The van der Waals surface area contributed by atoms with Gasteiger partial charge in [-0.2, -0.15) is 0 Å². The number of halogens is 2. The molecule has 0 saturated heterocycles. The fourth-order valence-electron chi connectivity index (χ4n) is 1.89. The Kier molecular flexibility index (Phi) is 5.33. The van der Waals surface area contributed by atoms with E-state index in [0.717, 1.165) is 18.2 Å². The van der Waals surface area contributed by atoms with Crippen molar-refractivity contribution >= 4 is 16.6 Å². The maximum atomic E-state index is 13.4. The van der Waals surface area contributed by atoms with Gasteiger partial charge in [-0.3, -0.25) is 9.00 Å². The Hall–Kier alpha value is -1.88. The molecule has 2 aromatic rings. The molecule has 0 amide bonds. The van der Waals surface area contributed by atoms with Crippen molar-refractivity contribution < 1.29 is 17.8 Å². The van der Waals surface area contributed by atoms with E-state index in [4.69, 9.17) is 0 Å².